The van der Waals surface area contributed by atoms with E-state index in [2.05, 4.69) is 66.0 Å². The van der Waals surface area contributed by atoms with Gasteiger partial charge in [0.25, 0.3) is 0 Å². The number of anilines is 4. The number of para-hydroxylation sites is 1. The zero-order valence-corrected chi connectivity index (χ0v) is 24.4. The SMILES string of the molecule is CN(c1ccccc1)c1nc(NC2CC(C)(C)N(O)C(C)(C)C2)nc(NC2CC(C)(C)N(O)C(C)(C)C2)n1. The highest BCUT2D eigenvalue weighted by atomic mass is 16.5. The van der Waals surface area contributed by atoms with Crippen LogP contribution in [0.3, 0.4) is 0 Å². The maximum absolute atomic E-state index is 10.7. The van der Waals surface area contributed by atoms with Gasteiger partial charge in [-0.1, -0.05) is 18.2 Å². The Morgan fingerprint density at radius 1 is 0.684 bits per heavy atom. The summed E-state index contributed by atoms with van der Waals surface area (Å²) in [5, 5.41) is 31.6. The van der Waals surface area contributed by atoms with Gasteiger partial charge in [0.2, 0.25) is 17.8 Å². The molecule has 2 aromatic rings. The van der Waals surface area contributed by atoms with Crippen LogP contribution in [0.4, 0.5) is 23.5 Å². The molecule has 38 heavy (non-hydrogen) atoms. The van der Waals surface area contributed by atoms with Crippen LogP contribution in [0.2, 0.25) is 0 Å². The fourth-order valence-electron chi connectivity index (χ4n) is 6.52. The van der Waals surface area contributed by atoms with E-state index >= 15 is 0 Å². The van der Waals surface area contributed by atoms with Gasteiger partial charge in [-0.15, -0.1) is 0 Å². The molecule has 10 nitrogen and oxygen atoms in total. The van der Waals surface area contributed by atoms with Crippen LogP contribution in [0, 0.1) is 0 Å². The van der Waals surface area contributed by atoms with Gasteiger partial charge in [-0.05, 0) is 93.2 Å². The van der Waals surface area contributed by atoms with Crippen LogP contribution in [0.5, 0.6) is 0 Å². The van der Waals surface area contributed by atoms with Crippen LogP contribution in [0.15, 0.2) is 30.3 Å². The fraction of sp³-hybridized carbons (Fsp3) is 0.679. The van der Waals surface area contributed by atoms with Crippen LogP contribution in [-0.4, -0.2) is 76.8 Å². The summed E-state index contributed by atoms with van der Waals surface area (Å²) < 4.78 is 0. The molecule has 4 rings (SSSR count). The molecule has 3 heterocycles. The van der Waals surface area contributed by atoms with Crippen molar-refractivity contribution >= 4 is 23.5 Å². The summed E-state index contributed by atoms with van der Waals surface area (Å²) in [7, 11) is 1.95. The lowest BCUT2D eigenvalue weighted by atomic mass is 9.79. The van der Waals surface area contributed by atoms with Gasteiger partial charge >= 0.3 is 0 Å². The molecule has 1 aromatic heterocycles. The Balaban J connectivity index is 1.65. The number of rotatable bonds is 6. The predicted octanol–water partition coefficient (Wildman–Crippen LogP) is 5.28. The van der Waals surface area contributed by atoms with E-state index in [0.29, 0.717) is 17.8 Å². The molecule has 0 radical (unpaired) electrons. The monoisotopic (exact) mass is 526 g/mol. The molecule has 210 valence electrons. The highest BCUT2D eigenvalue weighted by Crippen LogP contribution is 2.39. The fourth-order valence-corrected chi connectivity index (χ4v) is 6.52. The molecule has 0 spiro atoms. The highest BCUT2D eigenvalue weighted by molar-refractivity contribution is 5.58. The second kappa shape index (κ2) is 9.89. The Kier molecular flexibility index (Phi) is 7.42. The van der Waals surface area contributed by atoms with Crippen molar-refractivity contribution < 1.29 is 10.4 Å². The standard InChI is InChI=1S/C28H46N8O2/c1-25(2)15-19(16-26(3,4)35(25)37)29-22-31-23(30-20-17-27(5,6)36(38)28(7,8)18-20)33-24(32-22)34(9)21-13-11-10-12-14-21/h10-14,19-20,37-38H,15-18H2,1-9H3,(H2,29,30,31,32,33). The topological polar surface area (TPSA) is 113 Å². The molecule has 2 aliphatic heterocycles. The maximum Gasteiger partial charge on any atom is 0.236 e. The zero-order chi connectivity index (χ0) is 28.1. The van der Waals surface area contributed by atoms with Gasteiger partial charge in [-0.25, -0.2) is 0 Å². The third kappa shape index (κ3) is 5.88. The van der Waals surface area contributed by atoms with Crippen molar-refractivity contribution in [2.75, 3.05) is 22.6 Å². The quantitative estimate of drug-likeness (QED) is 0.396. The minimum absolute atomic E-state index is 0.0732. The Morgan fingerprint density at radius 3 is 1.42 bits per heavy atom. The molecule has 1 aromatic carbocycles. The van der Waals surface area contributed by atoms with Crippen LogP contribution >= 0.6 is 0 Å². The normalized spacial score (nSPS) is 23.7. The number of hydrogen-bond acceptors (Lipinski definition) is 10. The number of benzene rings is 1. The lowest BCUT2D eigenvalue weighted by Gasteiger charge is -2.51. The highest BCUT2D eigenvalue weighted by Gasteiger charge is 2.46. The maximum atomic E-state index is 10.7. The summed E-state index contributed by atoms with van der Waals surface area (Å²) >= 11 is 0. The molecule has 0 bridgehead atoms. The van der Waals surface area contributed by atoms with E-state index in [-0.39, 0.29) is 12.1 Å². The number of hydrogen-bond donors (Lipinski definition) is 4. The summed E-state index contributed by atoms with van der Waals surface area (Å²) in [6, 6.07) is 10.2. The Morgan fingerprint density at radius 2 is 1.05 bits per heavy atom. The van der Waals surface area contributed by atoms with Gasteiger partial charge in [-0.3, -0.25) is 0 Å². The van der Waals surface area contributed by atoms with Gasteiger partial charge < -0.3 is 25.9 Å². The molecule has 0 amide bonds. The number of hydroxylamine groups is 4. The first-order chi connectivity index (χ1) is 17.5. The summed E-state index contributed by atoms with van der Waals surface area (Å²) in [6.45, 7) is 16.4. The van der Waals surface area contributed by atoms with Crippen molar-refractivity contribution in [3.8, 4) is 0 Å². The summed E-state index contributed by atoms with van der Waals surface area (Å²) in [4.78, 5) is 16.4. The third-order valence-electron chi connectivity index (χ3n) is 8.01. The Labute approximate surface area is 227 Å². The van der Waals surface area contributed by atoms with E-state index in [1.807, 2.05) is 42.3 Å². The third-order valence-corrected chi connectivity index (χ3v) is 8.01. The first kappa shape index (κ1) is 28.5. The van der Waals surface area contributed by atoms with E-state index < -0.39 is 22.2 Å². The smallest absolute Gasteiger partial charge is 0.236 e. The largest absolute Gasteiger partial charge is 0.351 e. The predicted molar refractivity (Wildman–Crippen MR) is 151 cm³/mol. The Hall–Kier alpha value is -2.53. The summed E-state index contributed by atoms with van der Waals surface area (Å²) in [6.07, 6.45) is 2.95. The lowest BCUT2D eigenvalue weighted by Crippen LogP contribution is -2.61. The first-order valence-electron chi connectivity index (χ1n) is 13.6. The van der Waals surface area contributed by atoms with Crippen LogP contribution in [0.25, 0.3) is 0 Å². The molecular weight excluding hydrogens is 480 g/mol. The van der Waals surface area contributed by atoms with E-state index in [0.717, 1.165) is 31.4 Å². The number of piperidine rings is 2. The van der Waals surface area contributed by atoms with Gasteiger partial charge in [-0.2, -0.15) is 25.1 Å². The van der Waals surface area contributed by atoms with Crippen LogP contribution in [0.1, 0.15) is 81.1 Å². The van der Waals surface area contributed by atoms with E-state index in [1.165, 1.54) is 10.1 Å². The molecule has 0 atom stereocenters. The molecule has 0 unspecified atom stereocenters. The number of nitrogens with one attached hydrogen (secondary N) is 2. The van der Waals surface area contributed by atoms with Gasteiger partial charge in [0.05, 0.1) is 0 Å². The zero-order valence-electron chi connectivity index (χ0n) is 24.4. The average Bonchev–Trinajstić information content (AvgIpc) is 2.80. The lowest BCUT2D eigenvalue weighted by molar-refractivity contribution is -0.243. The van der Waals surface area contributed by atoms with Gasteiger partial charge in [0.15, 0.2) is 0 Å². The van der Waals surface area contributed by atoms with Crippen molar-refractivity contribution in [1.82, 2.24) is 25.1 Å². The number of aromatic nitrogens is 3. The minimum atomic E-state index is -0.396. The Bertz CT molecular complexity index is 1020. The van der Waals surface area contributed by atoms with Crippen LogP contribution in [-0.2, 0) is 0 Å². The van der Waals surface area contributed by atoms with E-state index in [4.69, 9.17) is 15.0 Å². The minimum Gasteiger partial charge on any atom is -0.351 e. The van der Waals surface area contributed by atoms with Crippen LogP contribution < -0.4 is 15.5 Å². The van der Waals surface area contributed by atoms with E-state index in [9.17, 15) is 10.4 Å². The van der Waals surface area contributed by atoms with Gasteiger partial charge in [0.1, 0.15) is 0 Å². The second-order valence-electron chi connectivity index (χ2n) is 13.5. The van der Waals surface area contributed by atoms with Crippen molar-refractivity contribution in [3.05, 3.63) is 30.3 Å². The summed E-state index contributed by atoms with van der Waals surface area (Å²) in [5.41, 5.74) is -0.610. The molecule has 4 N–H and O–H groups in total. The molecule has 0 aliphatic carbocycles. The molecule has 2 saturated heterocycles. The first-order valence-corrected chi connectivity index (χ1v) is 13.6. The summed E-state index contributed by atoms with van der Waals surface area (Å²) in [5.74, 6) is 1.54. The molecule has 10 heteroatoms. The molecule has 2 fully saturated rings. The molecule has 2 aliphatic rings. The van der Waals surface area contributed by atoms with Crippen molar-refractivity contribution in [2.45, 2.75) is 115 Å². The molecule has 0 saturated carbocycles. The molecular formula is C28H46N8O2. The second-order valence-corrected chi connectivity index (χ2v) is 13.5. The number of nitrogens with zero attached hydrogens (tertiary/aromatic N) is 6. The average molecular weight is 527 g/mol. The van der Waals surface area contributed by atoms with Crippen molar-refractivity contribution in [1.29, 1.82) is 0 Å². The van der Waals surface area contributed by atoms with Gasteiger partial charge in [0, 0.05) is 47.0 Å². The van der Waals surface area contributed by atoms with Crippen molar-refractivity contribution in [2.24, 2.45) is 0 Å². The van der Waals surface area contributed by atoms with E-state index in [1.54, 1.807) is 0 Å². The van der Waals surface area contributed by atoms with Crippen molar-refractivity contribution in [3.63, 3.8) is 0 Å².